The van der Waals surface area contributed by atoms with Gasteiger partial charge in [0.05, 0.1) is 6.61 Å². The first kappa shape index (κ1) is 12.1. The summed E-state index contributed by atoms with van der Waals surface area (Å²) in [4.78, 5) is 0. The van der Waals surface area contributed by atoms with Crippen molar-refractivity contribution in [3.8, 4) is 0 Å². The Kier molecular flexibility index (Phi) is 5.19. The summed E-state index contributed by atoms with van der Waals surface area (Å²) >= 11 is 0. The van der Waals surface area contributed by atoms with Gasteiger partial charge >= 0.3 is 0 Å². The van der Waals surface area contributed by atoms with Gasteiger partial charge in [-0.15, -0.1) is 0 Å². The molecule has 1 N–H and O–H groups in total. The number of benzene rings is 1. The molecule has 1 aromatic carbocycles. The van der Waals surface area contributed by atoms with Crippen molar-refractivity contribution in [2.24, 2.45) is 5.92 Å². The predicted molar refractivity (Wildman–Crippen MR) is 65.1 cm³/mol. The largest absolute Gasteiger partial charge is 0.384 e. The molecule has 0 heterocycles. The molecule has 15 heavy (non-hydrogen) atoms. The molecular formula is C13H21NO. The first-order valence-electron chi connectivity index (χ1n) is 5.58. The summed E-state index contributed by atoms with van der Waals surface area (Å²) in [7, 11) is 1.73. The molecule has 1 atom stereocenters. The summed E-state index contributed by atoms with van der Waals surface area (Å²) in [5, 5.41) is 3.47. The molecule has 1 aromatic rings. The maximum absolute atomic E-state index is 5.16. The molecule has 0 aliphatic rings. The molecule has 84 valence electrons. The lowest BCUT2D eigenvalue weighted by Gasteiger charge is -2.14. The molecule has 0 radical (unpaired) electrons. The molecule has 1 rings (SSSR count). The van der Waals surface area contributed by atoms with Crippen LogP contribution in [0.2, 0.25) is 0 Å². The Labute approximate surface area is 92.6 Å². The zero-order chi connectivity index (χ0) is 11.1. The van der Waals surface area contributed by atoms with Gasteiger partial charge in [-0.1, -0.05) is 38.5 Å². The Morgan fingerprint density at radius 2 is 2.07 bits per heavy atom. The van der Waals surface area contributed by atoms with Crippen molar-refractivity contribution in [3.05, 3.63) is 29.8 Å². The van der Waals surface area contributed by atoms with Crippen LogP contribution >= 0.6 is 0 Å². The second kappa shape index (κ2) is 6.46. The first-order valence-corrected chi connectivity index (χ1v) is 5.58. The van der Waals surface area contributed by atoms with E-state index < -0.39 is 0 Å². The van der Waals surface area contributed by atoms with E-state index in [4.69, 9.17) is 4.74 Å². The van der Waals surface area contributed by atoms with Gasteiger partial charge in [-0.3, -0.25) is 0 Å². The van der Waals surface area contributed by atoms with Gasteiger partial charge in [0.25, 0.3) is 0 Å². The number of rotatable bonds is 6. The molecule has 0 spiro atoms. The summed E-state index contributed by atoms with van der Waals surface area (Å²) in [5.74, 6) is 0.709. The van der Waals surface area contributed by atoms with Gasteiger partial charge in [-0.2, -0.15) is 0 Å². The molecule has 0 fully saturated rings. The van der Waals surface area contributed by atoms with Gasteiger partial charge in [-0.05, 0) is 12.0 Å². The second-order valence-electron chi connectivity index (χ2n) is 3.98. The molecule has 0 bridgehead atoms. The summed E-state index contributed by atoms with van der Waals surface area (Å²) in [6, 6.07) is 8.31. The van der Waals surface area contributed by atoms with Crippen molar-refractivity contribution >= 4 is 5.69 Å². The topological polar surface area (TPSA) is 21.3 Å². The van der Waals surface area contributed by atoms with Crippen molar-refractivity contribution in [2.45, 2.75) is 26.9 Å². The van der Waals surface area contributed by atoms with E-state index in [9.17, 15) is 0 Å². The predicted octanol–water partition coefficient (Wildman–Crippen LogP) is 3.29. The lowest BCUT2D eigenvalue weighted by atomic mass is 10.1. The zero-order valence-corrected chi connectivity index (χ0v) is 9.92. The molecule has 2 nitrogen and oxygen atoms in total. The second-order valence-corrected chi connectivity index (χ2v) is 3.98. The van der Waals surface area contributed by atoms with E-state index in [1.165, 1.54) is 17.7 Å². The summed E-state index contributed by atoms with van der Waals surface area (Å²) in [6.45, 7) is 6.17. The average molecular weight is 207 g/mol. The molecule has 1 unspecified atom stereocenters. The number of hydrogen-bond acceptors (Lipinski definition) is 2. The van der Waals surface area contributed by atoms with Crippen LogP contribution in [0.25, 0.3) is 0 Å². The maximum Gasteiger partial charge on any atom is 0.0733 e. The third kappa shape index (κ3) is 3.92. The van der Waals surface area contributed by atoms with E-state index in [-0.39, 0.29) is 0 Å². The zero-order valence-electron chi connectivity index (χ0n) is 9.92. The molecule has 0 amide bonds. The number of ether oxygens (including phenoxy) is 1. The third-order valence-electron chi connectivity index (χ3n) is 2.66. The molecule has 0 saturated carbocycles. The molecule has 0 aromatic heterocycles. The minimum atomic E-state index is 0.670. The number of hydrogen-bond donors (Lipinski definition) is 1. The van der Waals surface area contributed by atoms with Gasteiger partial charge in [0, 0.05) is 24.9 Å². The molecule has 0 aliphatic carbocycles. The van der Waals surface area contributed by atoms with E-state index >= 15 is 0 Å². The SMILES string of the molecule is CCC(C)CNc1ccccc1COC. The lowest BCUT2D eigenvalue weighted by molar-refractivity contribution is 0.185. The molecule has 2 heteroatoms. The lowest BCUT2D eigenvalue weighted by Crippen LogP contribution is -2.11. The fraction of sp³-hybridized carbons (Fsp3) is 0.538. The van der Waals surface area contributed by atoms with Crippen molar-refractivity contribution in [2.75, 3.05) is 19.0 Å². The normalized spacial score (nSPS) is 12.5. The Balaban J connectivity index is 2.58. The number of methoxy groups -OCH3 is 1. The summed E-state index contributed by atoms with van der Waals surface area (Å²) in [5.41, 5.74) is 2.42. The minimum absolute atomic E-state index is 0.670. The van der Waals surface area contributed by atoms with E-state index in [0.717, 1.165) is 6.54 Å². The van der Waals surface area contributed by atoms with Gasteiger partial charge in [0.15, 0.2) is 0 Å². The molecule has 0 saturated heterocycles. The van der Waals surface area contributed by atoms with Crippen LogP contribution in [0, 0.1) is 5.92 Å². The average Bonchev–Trinajstić information content (AvgIpc) is 2.28. The number of para-hydroxylation sites is 1. The van der Waals surface area contributed by atoms with Crippen LogP contribution in [-0.2, 0) is 11.3 Å². The van der Waals surface area contributed by atoms with Gasteiger partial charge in [-0.25, -0.2) is 0 Å². The highest BCUT2D eigenvalue weighted by Gasteiger charge is 2.02. The van der Waals surface area contributed by atoms with Crippen LogP contribution in [0.5, 0.6) is 0 Å². The van der Waals surface area contributed by atoms with Crippen molar-refractivity contribution in [1.29, 1.82) is 0 Å². The maximum atomic E-state index is 5.16. The highest BCUT2D eigenvalue weighted by atomic mass is 16.5. The van der Waals surface area contributed by atoms with Gasteiger partial charge in [0.1, 0.15) is 0 Å². The van der Waals surface area contributed by atoms with Crippen molar-refractivity contribution in [1.82, 2.24) is 0 Å². The van der Waals surface area contributed by atoms with Crippen molar-refractivity contribution in [3.63, 3.8) is 0 Å². The highest BCUT2D eigenvalue weighted by Crippen LogP contribution is 2.16. The Morgan fingerprint density at radius 3 is 2.73 bits per heavy atom. The Bertz CT molecular complexity index is 286. The highest BCUT2D eigenvalue weighted by molar-refractivity contribution is 5.50. The number of anilines is 1. The third-order valence-corrected chi connectivity index (χ3v) is 2.66. The quantitative estimate of drug-likeness (QED) is 0.773. The molecular weight excluding hydrogens is 186 g/mol. The first-order chi connectivity index (χ1) is 7.27. The smallest absolute Gasteiger partial charge is 0.0733 e. The van der Waals surface area contributed by atoms with Crippen LogP contribution in [0.4, 0.5) is 5.69 Å². The monoisotopic (exact) mass is 207 g/mol. The van der Waals surface area contributed by atoms with E-state index in [0.29, 0.717) is 12.5 Å². The fourth-order valence-corrected chi connectivity index (χ4v) is 1.40. The van der Waals surface area contributed by atoms with Crippen LogP contribution in [-0.4, -0.2) is 13.7 Å². The Morgan fingerprint density at radius 1 is 1.33 bits per heavy atom. The standard InChI is InChI=1S/C13H21NO/c1-4-11(2)9-14-13-8-6-5-7-12(13)10-15-3/h5-8,11,14H,4,9-10H2,1-3H3. The van der Waals surface area contributed by atoms with Gasteiger partial charge in [0.2, 0.25) is 0 Å². The summed E-state index contributed by atoms with van der Waals surface area (Å²) in [6.07, 6.45) is 1.21. The van der Waals surface area contributed by atoms with Crippen LogP contribution in [0.3, 0.4) is 0 Å². The van der Waals surface area contributed by atoms with Crippen LogP contribution in [0.1, 0.15) is 25.8 Å². The minimum Gasteiger partial charge on any atom is -0.384 e. The van der Waals surface area contributed by atoms with E-state index in [1.807, 2.05) is 6.07 Å². The van der Waals surface area contributed by atoms with E-state index in [2.05, 4.69) is 37.4 Å². The molecule has 0 aliphatic heterocycles. The summed E-state index contributed by atoms with van der Waals surface area (Å²) < 4.78 is 5.16. The fourth-order valence-electron chi connectivity index (χ4n) is 1.40. The van der Waals surface area contributed by atoms with Gasteiger partial charge < -0.3 is 10.1 Å². The van der Waals surface area contributed by atoms with E-state index in [1.54, 1.807) is 7.11 Å². The number of nitrogens with one attached hydrogen (secondary N) is 1. The van der Waals surface area contributed by atoms with Crippen molar-refractivity contribution < 1.29 is 4.74 Å². The van der Waals surface area contributed by atoms with Crippen LogP contribution < -0.4 is 5.32 Å². The van der Waals surface area contributed by atoms with Crippen LogP contribution in [0.15, 0.2) is 24.3 Å². The Hall–Kier alpha value is -1.02.